The molecule has 3 N–H and O–H groups in total. The molecule has 1 fully saturated rings. The first-order valence-electron chi connectivity index (χ1n) is 6.01. The number of hydrogen-bond donors (Lipinski definition) is 2. The molecule has 0 spiro atoms. The van der Waals surface area contributed by atoms with Crippen molar-refractivity contribution in [2.75, 3.05) is 6.61 Å². The molecule has 1 amide bonds. The van der Waals surface area contributed by atoms with Crippen LogP contribution in [0.2, 0.25) is 5.02 Å². The Labute approximate surface area is 111 Å². The van der Waals surface area contributed by atoms with E-state index in [0.717, 1.165) is 12.0 Å². The average Bonchev–Trinajstić information content (AvgIpc) is 2.78. The van der Waals surface area contributed by atoms with Crippen LogP contribution in [0.3, 0.4) is 0 Å². The molecule has 0 radical (unpaired) electrons. The summed E-state index contributed by atoms with van der Waals surface area (Å²) >= 11 is 5.85. The highest BCUT2D eigenvalue weighted by atomic mass is 35.5. The van der Waals surface area contributed by atoms with Gasteiger partial charge < -0.3 is 15.8 Å². The largest absolute Gasteiger partial charge is 0.371 e. The van der Waals surface area contributed by atoms with Gasteiger partial charge in [-0.3, -0.25) is 4.79 Å². The van der Waals surface area contributed by atoms with Gasteiger partial charge in [-0.1, -0.05) is 23.7 Å². The first kappa shape index (κ1) is 13.3. The Bertz CT molecular complexity index is 420. The molecule has 0 aliphatic carbocycles. The maximum absolute atomic E-state index is 11.6. The highest BCUT2D eigenvalue weighted by Crippen LogP contribution is 2.29. The van der Waals surface area contributed by atoms with Crippen molar-refractivity contribution < 1.29 is 9.53 Å². The summed E-state index contributed by atoms with van der Waals surface area (Å²) in [4.78, 5) is 11.6. The van der Waals surface area contributed by atoms with Gasteiger partial charge in [-0.25, -0.2) is 0 Å². The molecular formula is C13H17ClN2O2. The van der Waals surface area contributed by atoms with Crippen molar-refractivity contribution in [2.45, 2.75) is 31.5 Å². The lowest BCUT2D eigenvalue weighted by molar-refractivity contribution is -0.123. The Kier molecular flexibility index (Phi) is 4.22. The zero-order chi connectivity index (χ0) is 13.1. The molecule has 1 saturated heterocycles. The monoisotopic (exact) mass is 268 g/mol. The third-order valence-corrected chi connectivity index (χ3v) is 3.28. The second kappa shape index (κ2) is 5.69. The summed E-state index contributed by atoms with van der Waals surface area (Å²) in [6.07, 6.45) is 0.677. The van der Waals surface area contributed by atoms with Gasteiger partial charge in [0, 0.05) is 11.6 Å². The van der Waals surface area contributed by atoms with Gasteiger partial charge in [0.2, 0.25) is 5.91 Å². The lowest BCUT2D eigenvalue weighted by Gasteiger charge is -2.21. The summed E-state index contributed by atoms with van der Waals surface area (Å²) in [6.45, 7) is 2.31. The molecule has 0 saturated carbocycles. The van der Waals surface area contributed by atoms with Gasteiger partial charge >= 0.3 is 0 Å². The van der Waals surface area contributed by atoms with Crippen molar-refractivity contribution >= 4 is 17.5 Å². The summed E-state index contributed by atoms with van der Waals surface area (Å²) in [5, 5.41) is 3.61. The number of amides is 1. The number of nitrogens with one attached hydrogen (secondary N) is 1. The zero-order valence-corrected chi connectivity index (χ0v) is 11.0. The summed E-state index contributed by atoms with van der Waals surface area (Å²) in [5.74, 6) is -0.149. The molecule has 3 atom stereocenters. The van der Waals surface area contributed by atoms with Gasteiger partial charge in [0.05, 0.1) is 12.1 Å². The predicted molar refractivity (Wildman–Crippen MR) is 70.3 cm³/mol. The Hall–Kier alpha value is -1.10. The summed E-state index contributed by atoms with van der Waals surface area (Å²) < 4.78 is 5.67. The summed E-state index contributed by atoms with van der Waals surface area (Å²) in [6, 6.07) is 6.96. The molecule has 0 bridgehead atoms. The van der Waals surface area contributed by atoms with E-state index >= 15 is 0 Å². The van der Waals surface area contributed by atoms with Crippen LogP contribution in [-0.4, -0.2) is 24.6 Å². The van der Waals surface area contributed by atoms with Crippen molar-refractivity contribution in [2.24, 2.45) is 5.73 Å². The third-order valence-electron chi connectivity index (χ3n) is 3.03. The number of carbonyl (C=O) groups excluding carboxylic acids is 1. The smallest absolute Gasteiger partial charge is 0.236 e. The van der Waals surface area contributed by atoms with E-state index in [4.69, 9.17) is 22.1 Å². The maximum atomic E-state index is 11.6. The van der Waals surface area contributed by atoms with Gasteiger partial charge in [-0.15, -0.1) is 0 Å². The second-order valence-corrected chi connectivity index (χ2v) is 4.97. The molecule has 1 aromatic rings. The van der Waals surface area contributed by atoms with Crippen LogP contribution in [0.15, 0.2) is 24.3 Å². The number of hydrogen-bond acceptors (Lipinski definition) is 3. The van der Waals surface area contributed by atoms with Crippen LogP contribution in [0, 0.1) is 0 Å². The van der Waals surface area contributed by atoms with E-state index in [2.05, 4.69) is 5.32 Å². The SMILES string of the molecule is CC(N)C(=O)NC1CCOC1c1ccc(Cl)cc1. The van der Waals surface area contributed by atoms with E-state index in [1.165, 1.54) is 0 Å². The lowest BCUT2D eigenvalue weighted by Crippen LogP contribution is -2.44. The number of halogens is 1. The van der Waals surface area contributed by atoms with Gasteiger partial charge in [0.25, 0.3) is 0 Å². The Morgan fingerprint density at radius 3 is 2.78 bits per heavy atom. The van der Waals surface area contributed by atoms with Crippen LogP contribution in [0.4, 0.5) is 0 Å². The molecule has 4 nitrogen and oxygen atoms in total. The van der Waals surface area contributed by atoms with Gasteiger partial charge in [0.1, 0.15) is 6.10 Å². The van der Waals surface area contributed by atoms with Gasteiger partial charge in [-0.05, 0) is 31.0 Å². The summed E-state index contributed by atoms with van der Waals surface area (Å²) in [5.41, 5.74) is 6.57. The quantitative estimate of drug-likeness (QED) is 0.876. The normalized spacial score (nSPS) is 24.8. The van der Waals surface area contributed by atoms with Crippen LogP contribution >= 0.6 is 11.6 Å². The standard InChI is InChI=1S/C13H17ClN2O2/c1-8(15)13(17)16-11-6-7-18-12(11)9-2-4-10(14)5-3-9/h2-5,8,11-12H,6-7,15H2,1H3,(H,16,17). The lowest BCUT2D eigenvalue weighted by atomic mass is 10.0. The van der Waals surface area contributed by atoms with Crippen LogP contribution in [0.1, 0.15) is 25.0 Å². The minimum absolute atomic E-state index is 0.0234. The highest BCUT2D eigenvalue weighted by molar-refractivity contribution is 6.30. The Balaban J connectivity index is 2.07. The first-order valence-corrected chi connectivity index (χ1v) is 6.39. The van der Waals surface area contributed by atoms with E-state index in [0.29, 0.717) is 11.6 Å². The molecule has 18 heavy (non-hydrogen) atoms. The first-order chi connectivity index (χ1) is 8.58. The van der Waals surface area contributed by atoms with Crippen LogP contribution < -0.4 is 11.1 Å². The Morgan fingerprint density at radius 2 is 2.17 bits per heavy atom. The van der Waals surface area contributed by atoms with E-state index in [9.17, 15) is 4.79 Å². The molecule has 1 heterocycles. The average molecular weight is 269 g/mol. The highest BCUT2D eigenvalue weighted by Gasteiger charge is 2.31. The topological polar surface area (TPSA) is 64.4 Å². The number of benzene rings is 1. The fourth-order valence-corrected chi connectivity index (χ4v) is 2.16. The van der Waals surface area contributed by atoms with Crippen LogP contribution in [-0.2, 0) is 9.53 Å². The summed E-state index contributed by atoms with van der Waals surface area (Å²) in [7, 11) is 0. The fraction of sp³-hybridized carbons (Fsp3) is 0.462. The third kappa shape index (κ3) is 3.02. The number of rotatable bonds is 3. The van der Waals surface area contributed by atoms with Gasteiger partial charge in [-0.2, -0.15) is 0 Å². The Morgan fingerprint density at radius 1 is 1.50 bits per heavy atom. The van der Waals surface area contributed by atoms with E-state index in [1.807, 2.05) is 24.3 Å². The number of nitrogens with two attached hydrogens (primary N) is 1. The molecule has 98 valence electrons. The molecule has 5 heteroatoms. The van der Waals surface area contributed by atoms with Crippen LogP contribution in [0.25, 0.3) is 0 Å². The molecular weight excluding hydrogens is 252 g/mol. The molecule has 0 aromatic heterocycles. The number of carbonyl (C=O) groups is 1. The molecule has 2 rings (SSSR count). The van der Waals surface area contributed by atoms with Crippen molar-refractivity contribution in [1.82, 2.24) is 5.32 Å². The second-order valence-electron chi connectivity index (χ2n) is 4.54. The van der Waals surface area contributed by atoms with Crippen molar-refractivity contribution in [3.63, 3.8) is 0 Å². The molecule has 1 aliphatic heterocycles. The minimum Gasteiger partial charge on any atom is -0.371 e. The molecule has 3 unspecified atom stereocenters. The van der Waals surface area contributed by atoms with Crippen molar-refractivity contribution in [3.8, 4) is 0 Å². The van der Waals surface area contributed by atoms with E-state index in [-0.39, 0.29) is 18.1 Å². The van der Waals surface area contributed by atoms with Crippen LogP contribution in [0.5, 0.6) is 0 Å². The van der Waals surface area contributed by atoms with E-state index in [1.54, 1.807) is 6.92 Å². The minimum atomic E-state index is -0.503. The van der Waals surface area contributed by atoms with Crippen molar-refractivity contribution in [1.29, 1.82) is 0 Å². The zero-order valence-electron chi connectivity index (χ0n) is 10.2. The number of ether oxygens (including phenoxy) is 1. The van der Waals surface area contributed by atoms with E-state index < -0.39 is 6.04 Å². The van der Waals surface area contributed by atoms with Gasteiger partial charge in [0.15, 0.2) is 0 Å². The van der Waals surface area contributed by atoms with Crippen molar-refractivity contribution in [3.05, 3.63) is 34.9 Å². The maximum Gasteiger partial charge on any atom is 0.236 e. The fourth-order valence-electron chi connectivity index (χ4n) is 2.03. The predicted octanol–water partition coefficient (Wildman–Crippen LogP) is 1.63. The molecule has 1 aromatic carbocycles. The molecule has 1 aliphatic rings.